The molecule has 13 heavy (non-hydrogen) atoms. The average Bonchev–Trinajstić information content (AvgIpc) is 2.74. The minimum Gasteiger partial charge on any atom is -0.467 e. The van der Waals surface area contributed by atoms with Crippen molar-refractivity contribution in [3.8, 4) is 0 Å². The Kier molecular flexibility index (Phi) is 1.70. The summed E-state index contributed by atoms with van der Waals surface area (Å²) in [5.74, 6) is 3.64. The Morgan fingerprint density at radius 2 is 2.54 bits per heavy atom. The monoisotopic (exact) mass is 195 g/mol. The number of fused-ring (bicyclic) bond motifs is 2. The van der Waals surface area contributed by atoms with E-state index in [1.54, 1.807) is 0 Å². The van der Waals surface area contributed by atoms with Crippen LogP contribution < -0.4 is 5.32 Å². The van der Waals surface area contributed by atoms with E-state index in [-0.39, 0.29) is 5.54 Å². The van der Waals surface area contributed by atoms with E-state index >= 15 is 0 Å². The summed E-state index contributed by atoms with van der Waals surface area (Å²) < 4.78 is 5.62. The molecule has 0 amide bonds. The molecule has 2 aliphatic heterocycles. The Morgan fingerprint density at radius 1 is 1.54 bits per heavy atom. The van der Waals surface area contributed by atoms with Gasteiger partial charge in [0.15, 0.2) is 0 Å². The lowest BCUT2D eigenvalue weighted by Crippen LogP contribution is -2.46. The molecule has 0 saturated carbocycles. The highest BCUT2D eigenvalue weighted by molar-refractivity contribution is 7.99. The first kappa shape index (κ1) is 7.94. The van der Waals surface area contributed by atoms with Gasteiger partial charge in [0.2, 0.25) is 0 Å². The Bertz CT molecular complexity index is 314. The van der Waals surface area contributed by atoms with Crippen LogP contribution in [0.15, 0.2) is 16.7 Å². The van der Waals surface area contributed by atoms with E-state index in [0.29, 0.717) is 0 Å². The number of rotatable bonds is 0. The quantitative estimate of drug-likeness (QED) is 0.683. The molecular formula is C10H13NOS. The van der Waals surface area contributed by atoms with Crippen molar-refractivity contribution >= 4 is 11.8 Å². The van der Waals surface area contributed by atoms with E-state index in [0.717, 1.165) is 13.0 Å². The van der Waals surface area contributed by atoms with Crippen molar-refractivity contribution < 1.29 is 4.42 Å². The second-order valence-corrected chi connectivity index (χ2v) is 4.94. The molecule has 2 aliphatic rings. The molecule has 0 aliphatic carbocycles. The van der Waals surface area contributed by atoms with Crippen LogP contribution in [-0.2, 0) is 12.0 Å². The van der Waals surface area contributed by atoms with Crippen LogP contribution in [0.3, 0.4) is 0 Å². The topological polar surface area (TPSA) is 25.2 Å². The molecule has 1 aromatic heterocycles. The highest BCUT2D eigenvalue weighted by Gasteiger charge is 2.41. The van der Waals surface area contributed by atoms with Gasteiger partial charge in [-0.25, -0.2) is 0 Å². The molecule has 1 fully saturated rings. The fourth-order valence-corrected chi connectivity index (χ4v) is 3.72. The van der Waals surface area contributed by atoms with Gasteiger partial charge >= 0.3 is 0 Å². The predicted molar refractivity (Wildman–Crippen MR) is 54.0 cm³/mol. The van der Waals surface area contributed by atoms with Gasteiger partial charge in [-0.1, -0.05) is 0 Å². The number of hydrogen-bond acceptors (Lipinski definition) is 3. The fourth-order valence-electron chi connectivity index (χ4n) is 2.35. The van der Waals surface area contributed by atoms with Crippen LogP contribution in [0.25, 0.3) is 0 Å². The van der Waals surface area contributed by atoms with Gasteiger partial charge in [0.25, 0.3) is 0 Å². The molecule has 1 atom stereocenters. The third-order valence-electron chi connectivity index (χ3n) is 3.06. The molecule has 3 heterocycles. The van der Waals surface area contributed by atoms with Gasteiger partial charge in [0.05, 0.1) is 11.8 Å². The average molecular weight is 195 g/mol. The Balaban J connectivity index is 2.08. The molecule has 70 valence electrons. The fraction of sp³-hybridized carbons (Fsp3) is 0.600. The first-order chi connectivity index (χ1) is 6.41. The number of furan rings is 1. The van der Waals surface area contributed by atoms with Crippen LogP contribution in [0, 0.1) is 0 Å². The minimum atomic E-state index is 0.182. The second kappa shape index (κ2) is 2.79. The van der Waals surface area contributed by atoms with Gasteiger partial charge in [0.1, 0.15) is 5.76 Å². The normalized spacial score (nSPS) is 32.3. The van der Waals surface area contributed by atoms with Gasteiger partial charge < -0.3 is 9.73 Å². The molecule has 3 heteroatoms. The van der Waals surface area contributed by atoms with Crippen LogP contribution in [-0.4, -0.2) is 18.1 Å². The number of nitrogens with one attached hydrogen (secondary N) is 1. The molecule has 0 bridgehead atoms. The maximum Gasteiger partial charge on any atom is 0.127 e. The largest absolute Gasteiger partial charge is 0.467 e. The van der Waals surface area contributed by atoms with Crippen molar-refractivity contribution in [1.29, 1.82) is 0 Å². The van der Waals surface area contributed by atoms with Gasteiger partial charge in [-0.3, -0.25) is 0 Å². The number of thioether (sulfide) groups is 1. The Labute approximate surface area is 82.1 Å². The van der Waals surface area contributed by atoms with Crippen LogP contribution in [0.2, 0.25) is 0 Å². The highest BCUT2D eigenvalue weighted by Crippen LogP contribution is 2.40. The summed E-state index contributed by atoms with van der Waals surface area (Å²) >= 11 is 2.02. The first-order valence-electron chi connectivity index (χ1n) is 4.80. The van der Waals surface area contributed by atoms with Crippen molar-refractivity contribution in [2.24, 2.45) is 0 Å². The van der Waals surface area contributed by atoms with E-state index < -0.39 is 0 Å². The Morgan fingerprint density at radius 3 is 3.38 bits per heavy atom. The molecule has 2 nitrogen and oxygen atoms in total. The molecule has 1 N–H and O–H groups in total. The molecule has 1 spiro atoms. The van der Waals surface area contributed by atoms with Crippen molar-refractivity contribution in [2.75, 3.05) is 18.1 Å². The first-order valence-corrected chi connectivity index (χ1v) is 5.96. The maximum absolute atomic E-state index is 5.62. The highest BCUT2D eigenvalue weighted by atomic mass is 32.2. The smallest absolute Gasteiger partial charge is 0.127 e. The molecule has 1 saturated heterocycles. The third-order valence-corrected chi connectivity index (χ3v) is 4.25. The zero-order valence-corrected chi connectivity index (χ0v) is 8.32. The lowest BCUT2D eigenvalue weighted by molar-refractivity contribution is 0.284. The molecular weight excluding hydrogens is 182 g/mol. The lowest BCUT2D eigenvalue weighted by Gasteiger charge is -2.32. The SMILES string of the molecule is c1cc2c(o1)C1(CCSC1)NCC2. The summed E-state index contributed by atoms with van der Waals surface area (Å²) in [6.45, 7) is 1.10. The van der Waals surface area contributed by atoms with E-state index in [2.05, 4.69) is 11.4 Å². The van der Waals surface area contributed by atoms with Crippen molar-refractivity contribution in [2.45, 2.75) is 18.4 Å². The van der Waals surface area contributed by atoms with Gasteiger partial charge in [-0.05, 0) is 30.2 Å². The standard InChI is InChI=1S/C10H13NOS/c1-4-11-10(3-6-13-7-10)9-8(1)2-5-12-9/h2,5,11H,1,3-4,6-7H2. The van der Waals surface area contributed by atoms with Gasteiger partial charge in [-0.2, -0.15) is 11.8 Å². The lowest BCUT2D eigenvalue weighted by atomic mass is 9.88. The molecule has 3 rings (SSSR count). The van der Waals surface area contributed by atoms with Gasteiger partial charge in [-0.15, -0.1) is 0 Å². The summed E-state index contributed by atoms with van der Waals surface area (Å²) in [6, 6.07) is 2.13. The minimum absolute atomic E-state index is 0.182. The Hall–Kier alpha value is -0.410. The molecule has 1 aromatic rings. The van der Waals surface area contributed by atoms with Crippen molar-refractivity contribution in [1.82, 2.24) is 5.32 Å². The third kappa shape index (κ3) is 1.07. The van der Waals surface area contributed by atoms with Crippen molar-refractivity contribution in [3.05, 3.63) is 23.7 Å². The summed E-state index contributed by atoms with van der Waals surface area (Å²) in [7, 11) is 0. The van der Waals surface area contributed by atoms with E-state index in [1.807, 2.05) is 18.0 Å². The molecule has 0 aromatic carbocycles. The molecule has 1 unspecified atom stereocenters. The van der Waals surface area contributed by atoms with E-state index in [1.165, 1.54) is 29.3 Å². The van der Waals surface area contributed by atoms with Gasteiger partial charge in [0, 0.05) is 12.3 Å². The maximum atomic E-state index is 5.62. The van der Waals surface area contributed by atoms with Crippen LogP contribution in [0.1, 0.15) is 17.7 Å². The summed E-state index contributed by atoms with van der Waals surface area (Å²) in [4.78, 5) is 0. The van der Waals surface area contributed by atoms with E-state index in [4.69, 9.17) is 4.42 Å². The summed E-state index contributed by atoms with van der Waals surface area (Å²) in [5, 5.41) is 3.62. The molecule has 0 radical (unpaired) electrons. The van der Waals surface area contributed by atoms with Crippen LogP contribution in [0.4, 0.5) is 0 Å². The second-order valence-electron chi connectivity index (χ2n) is 3.84. The van der Waals surface area contributed by atoms with Crippen LogP contribution in [0.5, 0.6) is 0 Å². The zero-order valence-electron chi connectivity index (χ0n) is 7.51. The van der Waals surface area contributed by atoms with Crippen LogP contribution >= 0.6 is 11.8 Å². The van der Waals surface area contributed by atoms with E-state index in [9.17, 15) is 0 Å². The zero-order chi connectivity index (χ0) is 8.73. The van der Waals surface area contributed by atoms with Crippen molar-refractivity contribution in [3.63, 3.8) is 0 Å². The number of hydrogen-bond donors (Lipinski definition) is 1. The predicted octanol–water partition coefficient (Wildman–Crippen LogP) is 1.76. The summed E-state index contributed by atoms with van der Waals surface area (Å²) in [6.07, 6.45) is 4.18. The summed E-state index contributed by atoms with van der Waals surface area (Å²) in [5.41, 5.74) is 1.60.